The highest BCUT2D eigenvalue weighted by Gasteiger charge is 2.51. The number of nitrogens with zero attached hydrogens (tertiary/aromatic N) is 1. The second-order valence-electron chi connectivity index (χ2n) is 6.27. The summed E-state index contributed by atoms with van der Waals surface area (Å²) in [6.45, 7) is 0.579. The Morgan fingerprint density at radius 1 is 1.19 bits per heavy atom. The van der Waals surface area contributed by atoms with Gasteiger partial charge in [0.05, 0.1) is 11.5 Å². The zero-order chi connectivity index (χ0) is 15.7. The molecule has 1 N–H and O–H groups in total. The van der Waals surface area contributed by atoms with Gasteiger partial charge in [0.25, 0.3) is 0 Å². The van der Waals surface area contributed by atoms with Gasteiger partial charge in [-0.1, -0.05) is 30.3 Å². The van der Waals surface area contributed by atoms with Gasteiger partial charge in [0.1, 0.15) is 0 Å². The van der Waals surface area contributed by atoms with Crippen LogP contribution >= 0.6 is 0 Å². The standard InChI is InChI=1S/C16H22F3NO/c1-20(2)11-14-9-8-13(16(17,18)19)10-15(14,21)12-6-4-3-5-7-12/h3-7,13-14,21H,8-11H2,1-2H3. The molecule has 0 radical (unpaired) electrons. The quantitative estimate of drug-likeness (QED) is 0.925. The fourth-order valence-electron chi connectivity index (χ4n) is 3.33. The molecule has 118 valence electrons. The van der Waals surface area contributed by atoms with Crippen LogP contribution in [0, 0.1) is 11.8 Å². The molecule has 0 heterocycles. The molecule has 1 saturated carbocycles. The van der Waals surface area contributed by atoms with Crippen LogP contribution in [-0.2, 0) is 5.60 Å². The SMILES string of the molecule is CN(C)CC1CCC(C(F)(F)F)CC1(O)c1ccccc1. The Morgan fingerprint density at radius 2 is 1.81 bits per heavy atom. The van der Waals surface area contributed by atoms with Crippen molar-refractivity contribution in [3.63, 3.8) is 0 Å². The summed E-state index contributed by atoms with van der Waals surface area (Å²) >= 11 is 0. The van der Waals surface area contributed by atoms with Gasteiger partial charge in [-0.25, -0.2) is 0 Å². The van der Waals surface area contributed by atoms with Crippen molar-refractivity contribution < 1.29 is 18.3 Å². The van der Waals surface area contributed by atoms with Crippen molar-refractivity contribution in [1.29, 1.82) is 0 Å². The van der Waals surface area contributed by atoms with Gasteiger partial charge in [-0.15, -0.1) is 0 Å². The molecule has 0 aromatic heterocycles. The molecular formula is C16H22F3NO. The number of hydrogen-bond donors (Lipinski definition) is 1. The zero-order valence-electron chi connectivity index (χ0n) is 12.4. The Bertz CT molecular complexity index is 460. The Kier molecular flexibility index (Phi) is 4.63. The van der Waals surface area contributed by atoms with E-state index in [-0.39, 0.29) is 18.8 Å². The number of aliphatic hydroxyl groups is 1. The van der Waals surface area contributed by atoms with E-state index in [2.05, 4.69) is 0 Å². The van der Waals surface area contributed by atoms with Crippen molar-refractivity contribution in [2.75, 3.05) is 20.6 Å². The second-order valence-corrected chi connectivity index (χ2v) is 6.27. The number of hydrogen-bond acceptors (Lipinski definition) is 2. The lowest BCUT2D eigenvalue weighted by Gasteiger charge is -2.45. The summed E-state index contributed by atoms with van der Waals surface area (Å²) in [5.41, 5.74) is -0.824. The summed E-state index contributed by atoms with van der Waals surface area (Å²) in [4.78, 5) is 1.92. The Hall–Kier alpha value is -1.07. The van der Waals surface area contributed by atoms with E-state index in [1.54, 1.807) is 30.3 Å². The van der Waals surface area contributed by atoms with E-state index in [1.807, 2.05) is 19.0 Å². The van der Waals surface area contributed by atoms with Crippen LogP contribution in [-0.4, -0.2) is 36.8 Å². The minimum atomic E-state index is -4.24. The lowest BCUT2D eigenvalue weighted by atomic mass is 9.67. The maximum Gasteiger partial charge on any atom is 0.391 e. The maximum absolute atomic E-state index is 13.1. The highest BCUT2D eigenvalue weighted by atomic mass is 19.4. The molecular weight excluding hydrogens is 279 g/mol. The number of benzene rings is 1. The molecule has 1 fully saturated rings. The number of halogens is 3. The van der Waals surface area contributed by atoms with Crippen LogP contribution < -0.4 is 0 Å². The molecule has 1 aliphatic rings. The lowest BCUT2D eigenvalue weighted by molar-refractivity contribution is -0.212. The number of rotatable bonds is 3. The third kappa shape index (κ3) is 3.58. The molecule has 0 spiro atoms. The van der Waals surface area contributed by atoms with E-state index >= 15 is 0 Å². The summed E-state index contributed by atoms with van der Waals surface area (Å²) in [6, 6.07) is 8.77. The molecule has 0 aliphatic heterocycles. The van der Waals surface area contributed by atoms with Crippen LogP contribution in [0.1, 0.15) is 24.8 Å². The highest BCUT2D eigenvalue weighted by molar-refractivity contribution is 5.24. The smallest absolute Gasteiger partial charge is 0.385 e. The Labute approximate surface area is 123 Å². The van der Waals surface area contributed by atoms with Gasteiger partial charge in [-0.2, -0.15) is 13.2 Å². The van der Waals surface area contributed by atoms with Crippen LogP contribution in [0.5, 0.6) is 0 Å². The summed E-state index contributed by atoms with van der Waals surface area (Å²) in [7, 11) is 3.75. The molecule has 2 nitrogen and oxygen atoms in total. The predicted molar refractivity (Wildman–Crippen MR) is 75.8 cm³/mol. The van der Waals surface area contributed by atoms with Crippen LogP contribution in [0.25, 0.3) is 0 Å². The van der Waals surface area contributed by atoms with Gasteiger partial charge in [-0.3, -0.25) is 0 Å². The molecule has 1 aromatic carbocycles. The largest absolute Gasteiger partial charge is 0.391 e. The highest BCUT2D eigenvalue weighted by Crippen LogP contribution is 2.49. The average Bonchev–Trinajstić information content (AvgIpc) is 2.40. The first kappa shape index (κ1) is 16.3. The first-order valence-corrected chi connectivity index (χ1v) is 7.23. The fourth-order valence-corrected chi connectivity index (χ4v) is 3.33. The summed E-state index contributed by atoms with van der Waals surface area (Å²) in [5, 5.41) is 11.1. The van der Waals surface area contributed by atoms with Crippen molar-refractivity contribution in [2.24, 2.45) is 11.8 Å². The van der Waals surface area contributed by atoms with Gasteiger partial charge in [0.2, 0.25) is 0 Å². The van der Waals surface area contributed by atoms with Crippen molar-refractivity contribution in [1.82, 2.24) is 4.90 Å². The van der Waals surface area contributed by atoms with Crippen LogP contribution in [0.3, 0.4) is 0 Å². The Balaban J connectivity index is 2.33. The third-order valence-electron chi connectivity index (χ3n) is 4.42. The van der Waals surface area contributed by atoms with E-state index in [0.29, 0.717) is 18.5 Å². The topological polar surface area (TPSA) is 23.5 Å². The molecule has 21 heavy (non-hydrogen) atoms. The summed E-state index contributed by atoms with van der Waals surface area (Å²) in [6.07, 6.45) is -4.02. The zero-order valence-corrected chi connectivity index (χ0v) is 12.4. The van der Waals surface area contributed by atoms with Gasteiger partial charge in [0.15, 0.2) is 0 Å². The maximum atomic E-state index is 13.1. The van der Waals surface area contributed by atoms with Gasteiger partial charge < -0.3 is 10.0 Å². The minimum absolute atomic E-state index is 0.0944. The van der Waals surface area contributed by atoms with Crippen molar-refractivity contribution in [3.05, 3.63) is 35.9 Å². The summed E-state index contributed by atoms with van der Waals surface area (Å²) < 4.78 is 39.2. The molecule has 3 unspecified atom stereocenters. The Morgan fingerprint density at radius 3 is 2.33 bits per heavy atom. The summed E-state index contributed by atoms with van der Waals surface area (Å²) in [5.74, 6) is -1.62. The van der Waals surface area contributed by atoms with E-state index in [1.165, 1.54) is 0 Å². The van der Waals surface area contributed by atoms with Crippen molar-refractivity contribution >= 4 is 0 Å². The van der Waals surface area contributed by atoms with Crippen LogP contribution in [0.15, 0.2) is 30.3 Å². The molecule has 1 aliphatic carbocycles. The van der Waals surface area contributed by atoms with Crippen LogP contribution in [0.2, 0.25) is 0 Å². The average molecular weight is 301 g/mol. The lowest BCUT2D eigenvalue weighted by Crippen LogP contribution is -2.48. The van der Waals surface area contributed by atoms with Crippen LogP contribution in [0.4, 0.5) is 13.2 Å². The third-order valence-corrected chi connectivity index (χ3v) is 4.42. The molecule has 3 atom stereocenters. The first-order chi connectivity index (χ1) is 9.73. The number of alkyl halides is 3. The first-order valence-electron chi connectivity index (χ1n) is 7.23. The van der Waals surface area contributed by atoms with Gasteiger partial charge in [-0.05, 0) is 38.9 Å². The van der Waals surface area contributed by atoms with Gasteiger partial charge >= 0.3 is 6.18 Å². The molecule has 1 aromatic rings. The van der Waals surface area contributed by atoms with Crippen molar-refractivity contribution in [3.8, 4) is 0 Å². The van der Waals surface area contributed by atoms with Gasteiger partial charge in [0, 0.05) is 12.5 Å². The molecule has 2 rings (SSSR count). The van der Waals surface area contributed by atoms with E-state index in [4.69, 9.17) is 0 Å². The van der Waals surface area contributed by atoms with E-state index in [0.717, 1.165) is 0 Å². The fraction of sp³-hybridized carbons (Fsp3) is 0.625. The molecule has 5 heteroatoms. The van der Waals surface area contributed by atoms with Crippen molar-refractivity contribution in [2.45, 2.75) is 31.0 Å². The second kappa shape index (κ2) is 5.97. The molecule has 0 bridgehead atoms. The van der Waals surface area contributed by atoms with E-state index < -0.39 is 17.7 Å². The minimum Gasteiger partial charge on any atom is -0.385 e. The predicted octanol–water partition coefficient (Wildman–Crippen LogP) is 3.41. The van der Waals surface area contributed by atoms with E-state index in [9.17, 15) is 18.3 Å². The molecule has 0 amide bonds. The molecule has 0 saturated heterocycles. The monoisotopic (exact) mass is 301 g/mol. The normalized spacial score (nSPS) is 30.6.